The van der Waals surface area contributed by atoms with Gasteiger partial charge in [0.05, 0.1) is 17.3 Å². The number of nitrogens with one attached hydrogen (secondary N) is 1. The number of hydrogen-bond acceptors (Lipinski definition) is 3. The molecule has 0 aliphatic carbocycles. The largest absolute Gasteiger partial charge is 0.350 e. The Kier molecular flexibility index (Phi) is 5.66. The molecule has 3 rings (SSSR count). The molecular weight excluding hydrogens is 354 g/mol. The lowest BCUT2D eigenvalue weighted by molar-refractivity contribution is -0.120. The van der Waals surface area contributed by atoms with Gasteiger partial charge >= 0.3 is 0 Å². The number of rotatable bonds is 6. The minimum atomic E-state index is 0.0337. The van der Waals surface area contributed by atoms with E-state index in [9.17, 15) is 4.79 Å². The number of carbonyl (C=O) groups excluding carboxylic acids is 1. The molecular formula is C19H20ClN3OS. The Balaban J connectivity index is 1.46. The fourth-order valence-corrected chi connectivity index (χ4v) is 3.56. The molecule has 4 nitrogen and oxygen atoms in total. The molecule has 25 heavy (non-hydrogen) atoms. The average Bonchev–Trinajstić information content (AvgIpc) is 2.98. The summed E-state index contributed by atoms with van der Waals surface area (Å²) in [6.07, 6.45) is 4.16. The summed E-state index contributed by atoms with van der Waals surface area (Å²) < 4.78 is 1.86. The van der Waals surface area contributed by atoms with Gasteiger partial charge in [-0.25, -0.2) is 4.98 Å². The van der Waals surface area contributed by atoms with E-state index >= 15 is 0 Å². The highest BCUT2D eigenvalue weighted by atomic mass is 35.5. The fraction of sp³-hybridized carbons (Fsp3) is 0.263. The monoisotopic (exact) mass is 373 g/mol. The van der Waals surface area contributed by atoms with Gasteiger partial charge in [-0.2, -0.15) is 0 Å². The molecule has 3 aromatic rings. The van der Waals surface area contributed by atoms with E-state index < -0.39 is 0 Å². The van der Waals surface area contributed by atoms with E-state index in [1.54, 1.807) is 24.0 Å². The topological polar surface area (TPSA) is 46.4 Å². The van der Waals surface area contributed by atoms with Crippen molar-refractivity contribution in [3.05, 3.63) is 64.6 Å². The van der Waals surface area contributed by atoms with Crippen molar-refractivity contribution in [1.82, 2.24) is 14.7 Å². The molecule has 0 fully saturated rings. The van der Waals surface area contributed by atoms with Crippen LogP contribution in [-0.2, 0) is 11.3 Å². The van der Waals surface area contributed by atoms with Crippen molar-refractivity contribution in [1.29, 1.82) is 0 Å². The van der Waals surface area contributed by atoms with Gasteiger partial charge in [-0.15, -0.1) is 11.8 Å². The van der Waals surface area contributed by atoms with Crippen LogP contribution in [0, 0.1) is 13.8 Å². The van der Waals surface area contributed by atoms with Gasteiger partial charge in [-0.3, -0.25) is 4.79 Å². The van der Waals surface area contributed by atoms with Crippen molar-refractivity contribution >= 4 is 34.9 Å². The SMILES string of the molecule is Cc1ccc(SCCC(=O)NCc2cn3cc(Cl)ccc3n2)cc1C. The van der Waals surface area contributed by atoms with Gasteiger partial charge in [0.1, 0.15) is 5.65 Å². The number of aromatic nitrogens is 2. The third kappa shape index (κ3) is 4.77. The molecule has 0 unspecified atom stereocenters. The minimum absolute atomic E-state index is 0.0337. The Morgan fingerprint density at radius 1 is 1.20 bits per heavy atom. The summed E-state index contributed by atoms with van der Waals surface area (Å²) in [7, 11) is 0. The molecule has 130 valence electrons. The predicted octanol–water partition coefficient (Wildman–Crippen LogP) is 4.40. The molecule has 0 aliphatic rings. The predicted molar refractivity (Wildman–Crippen MR) is 103 cm³/mol. The van der Waals surface area contributed by atoms with Gasteiger partial charge in [0.25, 0.3) is 0 Å². The van der Waals surface area contributed by atoms with Crippen LogP contribution in [0.25, 0.3) is 5.65 Å². The number of amides is 1. The Hall–Kier alpha value is -1.98. The number of aryl methyl sites for hydroxylation is 2. The summed E-state index contributed by atoms with van der Waals surface area (Å²) in [5.74, 6) is 0.793. The summed E-state index contributed by atoms with van der Waals surface area (Å²) in [5.41, 5.74) is 4.20. The zero-order valence-electron chi connectivity index (χ0n) is 14.3. The number of thioether (sulfide) groups is 1. The number of carbonyl (C=O) groups is 1. The van der Waals surface area contributed by atoms with Crippen LogP contribution in [0.2, 0.25) is 5.02 Å². The standard InChI is InChI=1S/C19H20ClN3OS/c1-13-3-5-17(9-14(13)2)25-8-7-19(24)21-10-16-12-23-11-15(20)4-6-18(23)22-16/h3-6,9,11-12H,7-8,10H2,1-2H3,(H,21,24). The molecule has 0 saturated carbocycles. The first-order valence-corrected chi connectivity index (χ1v) is 9.47. The minimum Gasteiger partial charge on any atom is -0.350 e. The molecule has 0 aliphatic heterocycles. The van der Waals surface area contributed by atoms with Crippen molar-refractivity contribution < 1.29 is 4.79 Å². The molecule has 2 heterocycles. The molecule has 1 aromatic carbocycles. The van der Waals surface area contributed by atoms with Gasteiger partial charge in [-0.05, 0) is 49.2 Å². The summed E-state index contributed by atoms with van der Waals surface area (Å²) >= 11 is 7.66. The second-order valence-electron chi connectivity index (χ2n) is 5.97. The van der Waals surface area contributed by atoms with Crippen LogP contribution in [0.3, 0.4) is 0 Å². The maximum absolute atomic E-state index is 12.0. The highest BCUT2D eigenvalue weighted by molar-refractivity contribution is 7.99. The molecule has 0 saturated heterocycles. The normalized spacial score (nSPS) is 11.0. The second-order valence-corrected chi connectivity index (χ2v) is 7.57. The Bertz CT molecular complexity index is 907. The number of pyridine rings is 1. The lowest BCUT2D eigenvalue weighted by Crippen LogP contribution is -2.23. The van der Waals surface area contributed by atoms with Gasteiger partial charge < -0.3 is 9.72 Å². The molecule has 0 bridgehead atoms. The highest BCUT2D eigenvalue weighted by Crippen LogP contribution is 2.21. The van der Waals surface area contributed by atoms with Crippen molar-refractivity contribution in [2.24, 2.45) is 0 Å². The third-order valence-electron chi connectivity index (χ3n) is 4.01. The molecule has 0 atom stereocenters. The van der Waals surface area contributed by atoms with E-state index in [2.05, 4.69) is 42.3 Å². The van der Waals surface area contributed by atoms with Crippen LogP contribution >= 0.6 is 23.4 Å². The smallest absolute Gasteiger partial charge is 0.221 e. The highest BCUT2D eigenvalue weighted by Gasteiger charge is 2.06. The van der Waals surface area contributed by atoms with Crippen LogP contribution in [0.4, 0.5) is 0 Å². The van der Waals surface area contributed by atoms with Crippen molar-refractivity contribution in [3.63, 3.8) is 0 Å². The molecule has 1 amide bonds. The van der Waals surface area contributed by atoms with Crippen LogP contribution < -0.4 is 5.32 Å². The van der Waals surface area contributed by atoms with E-state index in [0.29, 0.717) is 18.0 Å². The second kappa shape index (κ2) is 7.93. The first kappa shape index (κ1) is 17.8. The van der Waals surface area contributed by atoms with Gasteiger partial charge in [-0.1, -0.05) is 17.7 Å². The first-order valence-electron chi connectivity index (χ1n) is 8.11. The quantitative estimate of drug-likeness (QED) is 0.651. The van der Waals surface area contributed by atoms with Crippen LogP contribution in [-0.4, -0.2) is 21.0 Å². The van der Waals surface area contributed by atoms with Crippen molar-refractivity contribution in [2.75, 3.05) is 5.75 Å². The van der Waals surface area contributed by atoms with Gasteiger partial charge in [0, 0.05) is 29.5 Å². The number of hydrogen-bond donors (Lipinski definition) is 1. The molecule has 0 radical (unpaired) electrons. The fourth-order valence-electron chi connectivity index (χ4n) is 2.45. The van der Waals surface area contributed by atoms with Crippen LogP contribution in [0.5, 0.6) is 0 Å². The average molecular weight is 374 g/mol. The van der Waals surface area contributed by atoms with Gasteiger partial charge in [0.2, 0.25) is 5.91 Å². The summed E-state index contributed by atoms with van der Waals surface area (Å²) in [5, 5.41) is 3.58. The lowest BCUT2D eigenvalue weighted by atomic mass is 10.1. The van der Waals surface area contributed by atoms with Crippen molar-refractivity contribution in [3.8, 4) is 0 Å². The number of fused-ring (bicyclic) bond motifs is 1. The van der Waals surface area contributed by atoms with E-state index in [1.807, 2.05) is 16.7 Å². The summed E-state index contributed by atoms with van der Waals surface area (Å²) in [6.45, 7) is 4.63. The van der Waals surface area contributed by atoms with E-state index in [-0.39, 0.29) is 5.91 Å². The van der Waals surface area contributed by atoms with Crippen LogP contribution in [0.1, 0.15) is 23.2 Å². The van der Waals surface area contributed by atoms with Crippen molar-refractivity contribution in [2.45, 2.75) is 31.7 Å². The Morgan fingerprint density at radius 2 is 2.04 bits per heavy atom. The van der Waals surface area contributed by atoms with E-state index in [0.717, 1.165) is 17.1 Å². The maximum Gasteiger partial charge on any atom is 0.221 e. The first-order chi connectivity index (χ1) is 12.0. The molecule has 0 spiro atoms. The number of nitrogens with zero attached hydrogens (tertiary/aromatic N) is 2. The lowest BCUT2D eigenvalue weighted by Gasteiger charge is -2.06. The zero-order valence-corrected chi connectivity index (χ0v) is 15.8. The molecule has 2 aromatic heterocycles. The Morgan fingerprint density at radius 3 is 2.84 bits per heavy atom. The number of benzene rings is 1. The van der Waals surface area contributed by atoms with Crippen LogP contribution in [0.15, 0.2) is 47.6 Å². The molecule has 1 N–H and O–H groups in total. The zero-order chi connectivity index (χ0) is 17.8. The Labute approximate surface area is 156 Å². The third-order valence-corrected chi connectivity index (χ3v) is 5.23. The summed E-state index contributed by atoms with van der Waals surface area (Å²) in [4.78, 5) is 17.7. The molecule has 6 heteroatoms. The maximum atomic E-state index is 12.0. The summed E-state index contributed by atoms with van der Waals surface area (Å²) in [6, 6.07) is 10.0. The van der Waals surface area contributed by atoms with Gasteiger partial charge in [0.15, 0.2) is 0 Å². The van der Waals surface area contributed by atoms with E-state index in [4.69, 9.17) is 11.6 Å². The number of halogens is 1. The van der Waals surface area contributed by atoms with E-state index in [1.165, 1.54) is 16.0 Å². The number of imidazole rings is 1.